The van der Waals surface area contributed by atoms with Gasteiger partial charge in [0.15, 0.2) is 0 Å². The number of aromatic amines is 1. The quantitative estimate of drug-likeness (QED) is 0.871. The zero-order valence-corrected chi connectivity index (χ0v) is 11.0. The van der Waals surface area contributed by atoms with Crippen molar-refractivity contribution in [1.29, 1.82) is 0 Å². The predicted molar refractivity (Wildman–Crippen MR) is 72.2 cm³/mol. The van der Waals surface area contributed by atoms with Crippen LogP contribution in [-0.4, -0.2) is 24.5 Å². The Bertz CT molecular complexity index is 572. The first kappa shape index (κ1) is 12.5. The summed E-state index contributed by atoms with van der Waals surface area (Å²) in [5, 5.41) is 3.81. The van der Waals surface area contributed by atoms with Crippen molar-refractivity contribution in [2.24, 2.45) is 0 Å². The molecule has 1 amide bonds. The van der Waals surface area contributed by atoms with Gasteiger partial charge in [0, 0.05) is 17.6 Å². The van der Waals surface area contributed by atoms with E-state index in [0.717, 1.165) is 28.8 Å². The lowest BCUT2D eigenvalue weighted by Gasteiger charge is -2.04. The molecule has 0 aliphatic carbocycles. The normalized spacial score (nSPS) is 10.6. The van der Waals surface area contributed by atoms with Crippen LogP contribution in [0.2, 0.25) is 0 Å². The van der Waals surface area contributed by atoms with E-state index in [4.69, 9.17) is 4.74 Å². The molecule has 0 radical (unpaired) electrons. The standard InChI is InChI=1S/C14H18N2O2/c1-4-8-15-14(17)12-9(2)16-13-10(12)6-5-7-11(13)18-3/h5-7,16H,4,8H2,1-3H3,(H,15,17). The third-order valence-electron chi connectivity index (χ3n) is 2.97. The van der Waals surface area contributed by atoms with E-state index in [9.17, 15) is 4.79 Å². The van der Waals surface area contributed by atoms with Crippen molar-refractivity contribution in [3.8, 4) is 5.75 Å². The van der Waals surface area contributed by atoms with Gasteiger partial charge in [-0.2, -0.15) is 0 Å². The van der Waals surface area contributed by atoms with E-state index in [1.54, 1.807) is 7.11 Å². The molecule has 2 rings (SSSR count). The van der Waals surface area contributed by atoms with Crippen LogP contribution >= 0.6 is 0 Å². The van der Waals surface area contributed by atoms with Gasteiger partial charge in [0.25, 0.3) is 5.91 Å². The summed E-state index contributed by atoms with van der Waals surface area (Å²) < 4.78 is 5.29. The topological polar surface area (TPSA) is 54.1 Å². The SMILES string of the molecule is CCCNC(=O)c1c(C)[nH]c2c(OC)cccc12. The number of hydrogen-bond acceptors (Lipinski definition) is 2. The van der Waals surface area contributed by atoms with Crippen molar-refractivity contribution in [1.82, 2.24) is 10.3 Å². The number of benzene rings is 1. The van der Waals surface area contributed by atoms with Gasteiger partial charge in [0.1, 0.15) is 5.75 Å². The first-order valence-electron chi connectivity index (χ1n) is 6.12. The van der Waals surface area contributed by atoms with Crippen molar-refractivity contribution in [2.75, 3.05) is 13.7 Å². The number of hydrogen-bond donors (Lipinski definition) is 2. The second kappa shape index (κ2) is 5.12. The molecule has 1 aromatic carbocycles. The zero-order valence-electron chi connectivity index (χ0n) is 11.0. The zero-order chi connectivity index (χ0) is 13.1. The number of aryl methyl sites for hydroxylation is 1. The number of aromatic nitrogens is 1. The molecule has 2 aromatic rings. The van der Waals surface area contributed by atoms with Gasteiger partial charge in [-0.25, -0.2) is 0 Å². The number of nitrogens with one attached hydrogen (secondary N) is 2. The first-order valence-corrected chi connectivity index (χ1v) is 6.12. The third kappa shape index (κ3) is 2.06. The van der Waals surface area contributed by atoms with Crippen LogP contribution in [-0.2, 0) is 0 Å². The average Bonchev–Trinajstić information content (AvgIpc) is 2.71. The fourth-order valence-corrected chi connectivity index (χ4v) is 2.11. The number of methoxy groups -OCH3 is 1. The molecule has 0 saturated carbocycles. The van der Waals surface area contributed by atoms with Gasteiger partial charge < -0.3 is 15.0 Å². The van der Waals surface area contributed by atoms with E-state index in [1.807, 2.05) is 32.0 Å². The van der Waals surface area contributed by atoms with Crippen LogP contribution < -0.4 is 10.1 Å². The molecule has 96 valence electrons. The molecule has 18 heavy (non-hydrogen) atoms. The second-order valence-electron chi connectivity index (χ2n) is 4.26. The monoisotopic (exact) mass is 246 g/mol. The summed E-state index contributed by atoms with van der Waals surface area (Å²) in [4.78, 5) is 15.3. The van der Waals surface area contributed by atoms with Gasteiger partial charge >= 0.3 is 0 Å². The van der Waals surface area contributed by atoms with Gasteiger partial charge in [0.2, 0.25) is 0 Å². The molecule has 4 nitrogen and oxygen atoms in total. The summed E-state index contributed by atoms with van der Waals surface area (Å²) >= 11 is 0. The Labute approximate surface area is 106 Å². The molecule has 1 heterocycles. The number of rotatable bonds is 4. The summed E-state index contributed by atoms with van der Waals surface area (Å²) in [5.41, 5.74) is 2.44. The summed E-state index contributed by atoms with van der Waals surface area (Å²) in [6, 6.07) is 5.71. The van der Waals surface area contributed by atoms with Gasteiger partial charge in [-0.15, -0.1) is 0 Å². The van der Waals surface area contributed by atoms with Crippen LogP contribution in [0.4, 0.5) is 0 Å². The maximum Gasteiger partial charge on any atom is 0.253 e. The van der Waals surface area contributed by atoms with E-state index in [2.05, 4.69) is 10.3 Å². The number of carbonyl (C=O) groups excluding carboxylic acids is 1. The Morgan fingerprint density at radius 2 is 2.22 bits per heavy atom. The average molecular weight is 246 g/mol. The molecule has 2 N–H and O–H groups in total. The maximum absolute atomic E-state index is 12.1. The summed E-state index contributed by atoms with van der Waals surface area (Å²) in [6.07, 6.45) is 0.927. The molecule has 4 heteroatoms. The summed E-state index contributed by atoms with van der Waals surface area (Å²) in [6.45, 7) is 4.63. The fraction of sp³-hybridized carbons (Fsp3) is 0.357. The Morgan fingerprint density at radius 3 is 2.89 bits per heavy atom. The molecule has 1 aromatic heterocycles. The number of carbonyl (C=O) groups is 1. The van der Waals surface area contributed by atoms with Crippen molar-refractivity contribution >= 4 is 16.8 Å². The van der Waals surface area contributed by atoms with Crippen LogP contribution in [0.1, 0.15) is 29.4 Å². The van der Waals surface area contributed by atoms with E-state index in [-0.39, 0.29) is 5.91 Å². The number of H-pyrrole nitrogens is 1. The highest BCUT2D eigenvalue weighted by Crippen LogP contribution is 2.29. The minimum Gasteiger partial charge on any atom is -0.495 e. The Morgan fingerprint density at radius 1 is 1.44 bits per heavy atom. The highest BCUT2D eigenvalue weighted by molar-refractivity contribution is 6.09. The molecule has 0 unspecified atom stereocenters. The summed E-state index contributed by atoms with van der Waals surface area (Å²) in [7, 11) is 1.63. The molecule has 0 bridgehead atoms. The highest BCUT2D eigenvalue weighted by atomic mass is 16.5. The van der Waals surface area contributed by atoms with E-state index < -0.39 is 0 Å². The van der Waals surface area contributed by atoms with Crippen LogP contribution in [0, 0.1) is 6.92 Å². The fourth-order valence-electron chi connectivity index (χ4n) is 2.11. The van der Waals surface area contributed by atoms with Gasteiger partial charge in [0.05, 0.1) is 18.2 Å². The Kier molecular flexibility index (Phi) is 3.55. The molecule has 0 aliphatic heterocycles. The molecule has 0 saturated heterocycles. The predicted octanol–water partition coefficient (Wildman–Crippen LogP) is 2.62. The Hall–Kier alpha value is -1.97. The minimum absolute atomic E-state index is 0.0335. The van der Waals surface area contributed by atoms with E-state index in [0.29, 0.717) is 12.1 Å². The van der Waals surface area contributed by atoms with Crippen LogP contribution in [0.25, 0.3) is 10.9 Å². The number of para-hydroxylation sites is 1. The van der Waals surface area contributed by atoms with Crippen molar-refractivity contribution in [2.45, 2.75) is 20.3 Å². The van der Waals surface area contributed by atoms with Crippen molar-refractivity contribution < 1.29 is 9.53 Å². The molecule has 0 aliphatic rings. The van der Waals surface area contributed by atoms with Crippen molar-refractivity contribution in [3.05, 3.63) is 29.5 Å². The highest BCUT2D eigenvalue weighted by Gasteiger charge is 2.17. The lowest BCUT2D eigenvalue weighted by Crippen LogP contribution is -2.24. The minimum atomic E-state index is -0.0335. The number of fused-ring (bicyclic) bond motifs is 1. The summed E-state index contributed by atoms with van der Waals surface area (Å²) in [5.74, 6) is 0.721. The van der Waals surface area contributed by atoms with E-state index in [1.165, 1.54) is 0 Å². The van der Waals surface area contributed by atoms with Gasteiger partial charge in [-0.3, -0.25) is 4.79 Å². The smallest absolute Gasteiger partial charge is 0.253 e. The van der Waals surface area contributed by atoms with Crippen LogP contribution in [0.15, 0.2) is 18.2 Å². The largest absolute Gasteiger partial charge is 0.495 e. The van der Waals surface area contributed by atoms with Gasteiger partial charge in [-0.1, -0.05) is 19.1 Å². The molecule has 0 fully saturated rings. The molecular formula is C14H18N2O2. The lowest BCUT2D eigenvalue weighted by molar-refractivity contribution is 0.0955. The molecular weight excluding hydrogens is 228 g/mol. The van der Waals surface area contributed by atoms with Crippen molar-refractivity contribution in [3.63, 3.8) is 0 Å². The van der Waals surface area contributed by atoms with E-state index >= 15 is 0 Å². The molecule has 0 atom stereocenters. The van der Waals surface area contributed by atoms with Gasteiger partial charge in [-0.05, 0) is 19.4 Å². The Balaban J connectivity index is 2.51. The second-order valence-corrected chi connectivity index (χ2v) is 4.26. The lowest BCUT2D eigenvalue weighted by atomic mass is 10.1. The first-order chi connectivity index (χ1) is 8.69. The van der Waals surface area contributed by atoms with Crippen LogP contribution in [0.3, 0.4) is 0 Å². The third-order valence-corrected chi connectivity index (χ3v) is 2.97. The molecule has 0 spiro atoms. The number of ether oxygens (including phenoxy) is 1. The maximum atomic E-state index is 12.1. The van der Waals surface area contributed by atoms with Crippen LogP contribution in [0.5, 0.6) is 5.75 Å². The number of amides is 1.